The summed E-state index contributed by atoms with van der Waals surface area (Å²) in [5.74, 6) is 2.83. The van der Waals surface area contributed by atoms with Gasteiger partial charge in [0.15, 0.2) is 17.5 Å². The van der Waals surface area contributed by atoms with Crippen LogP contribution in [-0.2, 0) is 6.54 Å². The highest BCUT2D eigenvalue weighted by atomic mass is 16.5. The van der Waals surface area contributed by atoms with Gasteiger partial charge in [0, 0.05) is 18.3 Å². The second-order valence-corrected chi connectivity index (χ2v) is 4.47. The van der Waals surface area contributed by atoms with E-state index in [1.807, 2.05) is 37.3 Å². The molecule has 6 heteroatoms. The second kappa shape index (κ2) is 7.97. The predicted molar refractivity (Wildman–Crippen MR) is 86.7 cm³/mol. The highest BCUT2D eigenvalue weighted by molar-refractivity contribution is 5.93. The number of ether oxygens (including phenoxy) is 2. The minimum Gasteiger partial charge on any atom is -0.493 e. The number of aliphatic imine (C=N–C) groups is 1. The summed E-state index contributed by atoms with van der Waals surface area (Å²) in [4.78, 5) is 4.48. The summed E-state index contributed by atoms with van der Waals surface area (Å²) in [6.07, 6.45) is 1.64. The molecule has 0 spiro atoms. The molecule has 22 heavy (non-hydrogen) atoms. The monoisotopic (exact) mass is 303 g/mol. The van der Waals surface area contributed by atoms with Gasteiger partial charge in [-0.3, -0.25) is 0 Å². The van der Waals surface area contributed by atoms with Crippen LogP contribution < -0.4 is 20.1 Å². The lowest BCUT2D eigenvalue weighted by atomic mass is 10.3. The molecule has 0 aliphatic heterocycles. The summed E-state index contributed by atoms with van der Waals surface area (Å²) >= 11 is 0. The molecule has 1 aromatic carbocycles. The fraction of sp³-hybridized carbons (Fsp3) is 0.312. The van der Waals surface area contributed by atoms with Crippen molar-refractivity contribution < 1.29 is 13.9 Å². The first kappa shape index (κ1) is 15.8. The summed E-state index contributed by atoms with van der Waals surface area (Å²) in [6.45, 7) is 3.24. The van der Waals surface area contributed by atoms with Gasteiger partial charge >= 0.3 is 0 Å². The molecule has 0 amide bonds. The molecule has 0 bridgehead atoms. The second-order valence-electron chi connectivity index (χ2n) is 4.47. The van der Waals surface area contributed by atoms with Crippen molar-refractivity contribution in [1.82, 2.24) is 5.32 Å². The molecule has 2 aromatic rings. The minimum atomic E-state index is 0.468. The van der Waals surface area contributed by atoms with E-state index in [2.05, 4.69) is 15.6 Å². The van der Waals surface area contributed by atoms with Crippen molar-refractivity contribution in [1.29, 1.82) is 0 Å². The van der Waals surface area contributed by atoms with Crippen molar-refractivity contribution in [3.05, 3.63) is 42.4 Å². The number of nitrogens with one attached hydrogen (secondary N) is 2. The van der Waals surface area contributed by atoms with E-state index in [0.717, 1.165) is 18.0 Å². The zero-order valence-corrected chi connectivity index (χ0v) is 13.1. The summed E-state index contributed by atoms with van der Waals surface area (Å²) in [6, 6.07) is 9.35. The average molecular weight is 303 g/mol. The predicted octanol–water partition coefficient (Wildman–Crippen LogP) is 2.87. The maximum Gasteiger partial charge on any atom is 0.196 e. The number of nitrogens with zero attached hydrogens (tertiary/aromatic N) is 1. The van der Waals surface area contributed by atoms with E-state index in [9.17, 15) is 0 Å². The third-order valence-electron chi connectivity index (χ3n) is 2.96. The van der Waals surface area contributed by atoms with Crippen molar-refractivity contribution in [3.8, 4) is 11.5 Å². The van der Waals surface area contributed by atoms with E-state index in [-0.39, 0.29) is 0 Å². The Labute approximate surface area is 130 Å². The zero-order chi connectivity index (χ0) is 15.8. The lowest BCUT2D eigenvalue weighted by molar-refractivity contribution is 0.355. The largest absolute Gasteiger partial charge is 0.493 e. The highest BCUT2D eigenvalue weighted by Gasteiger charge is 2.06. The summed E-state index contributed by atoms with van der Waals surface area (Å²) < 4.78 is 15.8. The lowest BCUT2D eigenvalue weighted by Crippen LogP contribution is -2.30. The molecule has 2 rings (SSSR count). The van der Waals surface area contributed by atoms with E-state index in [4.69, 9.17) is 13.9 Å². The zero-order valence-electron chi connectivity index (χ0n) is 13.1. The molecule has 0 saturated carbocycles. The third kappa shape index (κ3) is 4.18. The van der Waals surface area contributed by atoms with Crippen LogP contribution >= 0.6 is 0 Å². The van der Waals surface area contributed by atoms with Crippen LogP contribution in [0.1, 0.15) is 12.7 Å². The van der Waals surface area contributed by atoms with E-state index < -0.39 is 0 Å². The molecule has 0 fully saturated rings. The van der Waals surface area contributed by atoms with E-state index >= 15 is 0 Å². The Bertz CT molecular complexity index is 609. The van der Waals surface area contributed by atoms with E-state index in [0.29, 0.717) is 24.0 Å². The first-order valence-electron chi connectivity index (χ1n) is 7.06. The summed E-state index contributed by atoms with van der Waals surface area (Å²) in [5, 5.41) is 6.41. The van der Waals surface area contributed by atoms with Gasteiger partial charge in [0.25, 0.3) is 0 Å². The van der Waals surface area contributed by atoms with Crippen LogP contribution in [0, 0.1) is 0 Å². The smallest absolute Gasteiger partial charge is 0.196 e. The van der Waals surface area contributed by atoms with Crippen molar-refractivity contribution in [3.63, 3.8) is 0 Å². The third-order valence-corrected chi connectivity index (χ3v) is 2.96. The minimum absolute atomic E-state index is 0.468. The van der Waals surface area contributed by atoms with Gasteiger partial charge in [0.05, 0.1) is 20.5 Å². The molecule has 1 heterocycles. The van der Waals surface area contributed by atoms with Crippen LogP contribution in [-0.4, -0.2) is 26.7 Å². The van der Waals surface area contributed by atoms with Gasteiger partial charge in [-0.25, -0.2) is 4.99 Å². The van der Waals surface area contributed by atoms with Crippen LogP contribution in [0.4, 0.5) is 5.69 Å². The number of benzene rings is 1. The number of guanidine groups is 1. The summed E-state index contributed by atoms with van der Waals surface area (Å²) in [5.41, 5.74) is 0.858. The van der Waals surface area contributed by atoms with Crippen LogP contribution in [0.5, 0.6) is 11.5 Å². The van der Waals surface area contributed by atoms with Gasteiger partial charge in [-0.05, 0) is 31.2 Å². The Kier molecular flexibility index (Phi) is 5.71. The number of hydrogen-bond acceptors (Lipinski definition) is 4. The molecule has 0 atom stereocenters. The molecule has 0 aliphatic carbocycles. The molecular formula is C16H21N3O3. The van der Waals surface area contributed by atoms with Crippen LogP contribution in [0.3, 0.4) is 0 Å². The van der Waals surface area contributed by atoms with Gasteiger partial charge in [-0.15, -0.1) is 0 Å². The van der Waals surface area contributed by atoms with Crippen molar-refractivity contribution in [2.75, 3.05) is 26.1 Å². The molecule has 0 radical (unpaired) electrons. The molecule has 1 aromatic heterocycles. The van der Waals surface area contributed by atoms with Gasteiger partial charge in [0.2, 0.25) is 0 Å². The number of furan rings is 1. The molecule has 0 aliphatic rings. The number of methoxy groups -OCH3 is 2. The molecule has 0 saturated heterocycles. The molecule has 0 unspecified atom stereocenters. The van der Waals surface area contributed by atoms with Crippen molar-refractivity contribution in [2.24, 2.45) is 4.99 Å². The molecule has 2 N–H and O–H groups in total. The molecular weight excluding hydrogens is 282 g/mol. The Morgan fingerprint density at radius 3 is 2.64 bits per heavy atom. The van der Waals surface area contributed by atoms with Crippen LogP contribution in [0.2, 0.25) is 0 Å². The first-order chi connectivity index (χ1) is 10.8. The Balaban J connectivity index is 2.11. The number of hydrogen-bond donors (Lipinski definition) is 2. The Hall–Kier alpha value is -2.63. The molecule has 118 valence electrons. The Morgan fingerprint density at radius 2 is 2.00 bits per heavy atom. The topological polar surface area (TPSA) is 68.0 Å². The Morgan fingerprint density at radius 1 is 1.18 bits per heavy atom. The number of anilines is 1. The normalized spacial score (nSPS) is 11.1. The van der Waals surface area contributed by atoms with Crippen LogP contribution in [0.25, 0.3) is 0 Å². The fourth-order valence-electron chi connectivity index (χ4n) is 1.92. The van der Waals surface area contributed by atoms with E-state index in [1.54, 1.807) is 20.5 Å². The first-order valence-corrected chi connectivity index (χ1v) is 7.06. The number of rotatable bonds is 6. The van der Waals surface area contributed by atoms with Gasteiger partial charge in [-0.1, -0.05) is 0 Å². The van der Waals surface area contributed by atoms with Crippen molar-refractivity contribution >= 4 is 11.6 Å². The highest BCUT2D eigenvalue weighted by Crippen LogP contribution is 2.29. The van der Waals surface area contributed by atoms with Crippen molar-refractivity contribution in [2.45, 2.75) is 13.5 Å². The average Bonchev–Trinajstić information content (AvgIpc) is 3.06. The SMILES string of the molecule is CCNC(=NCc1ccco1)Nc1ccc(OC)c(OC)c1. The summed E-state index contributed by atoms with van der Waals surface area (Å²) in [7, 11) is 3.22. The van der Waals surface area contributed by atoms with E-state index in [1.165, 1.54) is 0 Å². The van der Waals surface area contributed by atoms with Gasteiger partial charge in [-0.2, -0.15) is 0 Å². The maximum atomic E-state index is 5.30. The van der Waals surface area contributed by atoms with Crippen LogP contribution in [0.15, 0.2) is 46.0 Å². The molecule has 6 nitrogen and oxygen atoms in total. The maximum absolute atomic E-state index is 5.30. The van der Waals surface area contributed by atoms with Gasteiger partial charge in [0.1, 0.15) is 12.3 Å². The van der Waals surface area contributed by atoms with Gasteiger partial charge < -0.3 is 24.5 Å². The fourth-order valence-corrected chi connectivity index (χ4v) is 1.92. The lowest BCUT2D eigenvalue weighted by Gasteiger charge is -2.13. The quantitative estimate of drug-likeness (QED) is 0.634. The standard InChI is InChI=1S/C16H21N3O3/c1-4-17-16(18-11-13-6-5-9-22-13)19-12-7-8-14(20-2)15(10-12)21-3/h5-10H,4,11H2,1-3H3,(H2,17,18,19).